The predicted molar refractivity (Wildman–Crippen MR) is 42.0 cm³/mol. The smallest absolute Gasteiger partial charge is 0.167 e. The van der Waals surface area contributed by atoms with E-state index >= 15 is 0 Å². The molecular weight excluding hydrogens is 205 g/mol. The highest BCUT2D eigenvalue weighted by molar-refractivity contribution is 6.30. The fourth-order valence-corrected chi connectivity index (χ4v) is 1.16. The molecule has 0 aliphatic carbocycles. The van der Waals surface area contributed by atoms with Crippen LogP contribution in [0.25, 0.3) is 0 Å². The predicted octanol–water partition coefficient (Wildman–Crippen LogP) is 2.81. The van der Waals surface area contributed by atoms with E-state index in [0.29, 0.717) is 6.07 Å². The van der Waals surface area contributed by atoms with Crippen molar-refractivity contribution in [2.24, 2.45) is 0 Å². The van der Waals surface area contributed by atoms with Gasteiger partial charge < -0.3 is 5.11 Å². The molecule has 1 N–H and O–H groups in total. The zero-order valence-electron chi connectivity index (χ0n) is 6.61. The quantitative estimate of drug-likeness (QED) is 0.707. The van der Waals surface area contributed by atoms with Crippen LogP contribution in [-0.4, -0.2) is 5.11 Å². The Labute approximate surface area is 77.8 Å². The second kappa shape index (κ2) is 3.55. The molecule has 5 heteroatoms. The van der Waals surface area contributed by atoms with E-state index < -0.39 is 34.1 Å². The van der Waals surface area contributed by atoms with Gasteiger partial charge in [0.25, 0.3) is 0 Å². The Kier molecular flexibility index (Phi) is 2.83. The van der Waals surface area contributed by atoms with Gasteiger partial charge in [0.2, 0.25) is 0 Å². The van der Waals surface area contributed by atoms with E-state index in [9.17, 15) is 13.2 Å². The molecule has 0 saturated carbocycles. The molecule has 0 amide bonds. The normalized spacial score (nSPS) is 13.1. The van der Waals surface area contributed by atoms with Crippen molar-refractivity contribution in [2.75, 3.05) is 0 Å². The molecule has 0 aromatic heterocycles. The molecule has 13 heavy (non-hydrogen) atoms. The SMILES string of the molecule is CC(O)c1c(F)c(F)cc(Cl)c1F. The van der Waals surface area contributed by atoms with Crippen molar-refractivity contribution in [1.29, 1.82) is 0 Å². The highest BCUT2D eigenvalue weighted by Crippen LogP contribution is 2.28. The zero-order valence-corrected chi connectivity index (χ0v) is 7.37. The molecule has 1 atom stereocenters. The maximum atomic E-state index is 13.0. The molecule has 0 aliphatic heterocycles. The maximum absolute atomic E-state index is 13.0. The van der Waals surface area contributed by atoms with E-state index in [4.69, 9.17) is 16.7 Å². The lowest BCUT2D eigenvalue weighted by atomic mass is 10.1. The average Bonchev–Trinajstić information content (AvgIpc) is 2.01. The van der Waals surface area contributed by atoms with Crippen LogP contribution in [0.5, 0.6) is 0 Å². The third-order valence-corrected chi connectivity index (χ3v) is 1.84. The van der Waals surface area contributed by atoms with Crippen LogP contribution in [0.3, 0.4) is 0 Å². The minimum absolute atomic E-state index is 0.526. The van der Waals surface area contributed by atoms with Crippen LogP contribution < -0.4 is 0 Å². The standard InChI is InChI=1S/C8H6ClF3O/c1-3(13)6-7(11)4(9)2-5(10)8(6)12/h2-3,13H,1H3. The van der Waals surface area contributed by atoms with Crippen LogP contribution in [0.15, 0.2) is 6.07 Å². The Morgan fingerprint density at radius 2 is 1.85 bits per heavy atom. The summed E-state index contributed by atoms with van der Waals surface area (Å²) in [4.78, 5) is 0. The second-order valence-electron chi connectivity index (χ2n) is 2.56. The molecule has 1 nitrogen and oxygen atoms in total. The Hall–Kier alpha value is -0.740. The van der Waals surface area contributed by atoms with Crippen LogP contribution in [-0.2, 0) is 0 Å². The van der Waals surface area contributed by atoms with E-state index in [2.05, 4.69) is 0 Å². The lowest BCUT2D eigenvalue weighted by Crippen LogP contribution is -2.03. The van der Waals surface area contributed by atoms with Gasteiger partial charge in [-0.05, 0) is 13.0 Å². The number of benzene rings is 1. The summed E-state index contributed by atoms with van der Waals surface area (Å²) in [6, 6.07) is 0.526. The minimum Gasteiger partial charge on any atom is -0.388 e. The molecule has 72 valence electrons. The Morgan fingerprint density at radius 1 is 1.31 bits per heavy atom. The molecule has 0 aliphatic rings. The minimum atomic E-state index is -1.44. The highest BCUT2D eigenvalue weighted by Gasteiger charge is 2.20. The van der Waals surface area contributed by atoms with Gasteiger partial charge in [0, 0.05) is 0 Å². The van der Waals surface area contributed by atoms with Crippen LogP contribution in [0, 0.1) is 17.5 Å². The molecule has 0 bridgehead atoms. The van der Waals surface area contributed by atoms with E-state index in [1.54, 1.807) is 0 Å². The summed E-state index contributed by atoms with van der Waals surface area (Å²) in [5.74, 6) is -3.81. The zero-order chi connectivity index (χ0) is 10.2. The molecule has 0 radical (unpaired) electrons. The van der Waals surface area contributed by atoms with Gasteiger partial charge in [0.15, 0.2) is 17.5 Å². The molecule has 1 aromatic carbocycles. The molecule has 0 spiro atoms. The van der Waals surface area contributed by atoms with Crippen molar-refractivity contribution >= 4 is 11.6 Å². The van der Waals surface area contributed by atoms with Gasteiger partial charge in [0.1, 0.15) is 0 Å². The Morgan fingerprint density at radius 3 is 2.31 bits per heavy atom. The summed E-state index contributed by atoms with van der Waals surface area (Å²) in [5, 5.41) is 8.38. The topological polar surface area (TPSA) is 20.2 Å². The lowest BCUT2D eigenvalue weighted by molar-refractivity contribution is 0.187. The van der Waals surface area contributed by atoms with Crippen LogP contribution in [0.1, 0.15) is 18.6 Å². The fourth-order valence-electron chi connectivity index (χ4n) is 0.958. The van der Waals surface area contributed by atoms with E-state index in [1.165, 1.54) is 0 Å². The molecule has 1 unspecified atom stereocenters. The first-order valence-electron chi connectivity index (χ1n) is 3.46. The van der Waals surface area contributed by atoms with Crippen molar-refractivity contribution in [2.45, 2.75) is 13.0 Å². The van der Waals surface area contributed by atoms with Crippen molar-refractivity contribution in [1.82, 2.24) is 0 Å². The third-order valence-electron chi connectivity index (χ3n) is 1.56. The van der Waals surface area contributed by atoms with Crippen molar-refractivity contribution < 1.29 is 18.3 Å². The Bertz CT molecular complexity index is 312. The lowest BCUT2D eigenvalue weighted by Gasteiger charge is -2.09. The molecule has 0 heterocycles. The summed E-state index contributed by atoms with van der Waals surface area (Å²) in [5.41, 5.74) is -0.745. The van der Waals surface area contributed by atoms with Crippen molar-refractivity contribution in [3.63, 3.8) is 0 Å². The van der Waals surface area contributed by atoms with Crippen LogP contribution in [0.2, 0.25) is 5.02 Å². The summed E-state index contributed by atoms with van der Waals surface area (Å²) >= 11 is 5.24. The fraction of sp³-hybridized carbons (Fsp3) is 0.250. The van der Waals surface area contributed by atoms with Gasteiger partial charge in [0.05, 0.1) is 16.7 Å². The number of halogens is 4. The van der Waals surface area contributed by atoms with Crippen LogP contribution >= 0.6 is 11.6 Å². The van der Waals surface area contributed by atoms with E-state index in [1.807, 2.05) is 0 Å². The van der Waals surface area contributed by atoms with Gasteiger partial charge in [-0.1, -0.05) is 11.6 Å². The van der Waals surface area contributed by atoms with E-state index in [-0.39, 0.29) is 0 Å². The van der Waals surface area contributed by atoms with Crippen molar-refractivity contribution in [3.8, 4) is 0 Å². The highest BCUT2D eigenvalue weighted by atomic mass is 35.5. The summed E-state index contributed by atoms with van der Waals surface area (Å²) in [7, 11) is 0. The van der Waals surface area contributed by atoms with Gasteiger partial charge in [-0.2, -0.15) is 0 Å². The number of hydrogen-bond acceptors (Lipinski definition) is 1. The number of hydrogen-bond donors (Lipinski definition) is 1. The largest absolute Gasteiger partial charge is 0.388 e. The summed E-state index contributed by atoms with van der Waals surface area (Å²) < 4.78 is 38.5. The van der Waals surface area contributed by atoms with Crippen LogP contribution in [0.4, 0.5) is 13.2 Å². The average molecular weight is 211 g/mol. The second-order valence-corrected chi connectivity index (χ2v) is 2.97. The third kappa shape index (κ3) is 1.78. The number of aliphatic hydroxyl groups excluding tert-OH is 1. The van der Waals surface area contributed by atoms with Gasteiger partial charge in [-0.3, -0.25) is 0 Å². The molecular formula is C8H6ClF3O. The monoisotopic (exact) mass is 210 g/mol. The molecule has 0 saturated heterocycles. The van der Waals surface area contributed by atoms with Gasteiger partial charge >= 0.3 is 0 Å². The molecule has 1 aromatic rings. The van der Waals surface area contributed by atoms with Gasteiger partial charge in [-0.25, -0.2) is 13.2 Å². The number of rotatable bonds is 1. The van der Waals surface area contributed by atoms with Crippen molar-refractivity contribution in [3.05, 3.63) is 34.1 Å². The van der Waals surface area contributed by atoms with Gasteiger partial charge in [-0.15, -0.1) is 0 Å². The first kappa shape index (κ1) is 10.3. The van der Waals surface area contributed by atoms with E-state index in [0.717, 1.165) is 6.92 Å². The molecule has 0 fully saturated rings. The first-order valence-corrected chi connectivity index (χ1v) is 3.84. The Balaban J connectivity index is 3.46. The molecule has 1 rings (SSSR count). The summed E-state index contributed by atoms with van der Waals surface area (Å²) in [6.45, 7) is 1.12. The number of aliphatic hydroxyl groups is 1. The first-order chi connectivity index (χ1) is 5.95. The summed E-state index contributed by atoms with van der Waals surface area (Å²) in [6.07, 6.45) is -1.44. The maximum Gasteiger partial charge on any atom is 0.167 e.